The summed E-state index contributed by atoms with van der Waals surface area (Å²) in [5.74, 6) is 1.24. The molecule has 0 saturated carbocycles. The number of amides is 1. The van der Waals surface area contributed by atoms with E-state index >= 15 is 0 Å². The van der Waals surface area contributed by atoms with Crippen LogP contribution >= 0.6 is 46.5 Å². The Labute approximate surface area is 174 Å². The highest BCUT2D eigenvalue weighted by atomic mass is 35.5. The molecule has 0 aliphatic heterocycles. The number of hydrogen-bond acceptors (Lipinski definition) is 8. The van der Waals surface area contributed by atoms with Gasteiger partial charge in [0.05, 0.1) is 11.2 Å². The van der Waals surface area contributed by atoms with E-state index in [1.807, 2.05) is 30.3 Å². The average molecular weight is 438 g/mol. The minimum absolute atomic E-state index is 0.125. The maximum absolute atomic E-state index is 12.5. The second-order valence-corrected chi connectivity index (χ2v) is 8.97. The minimum Gasteiger partial charge on any atom is -0.295 e. The summed E-state index contributed by atoms with van der Waals surface area (Å²) in [6.45, 7) is 2.10. The van der Waals surface area contributed by atoms with Gasteiger partial charge in [0.2, 0.25) is 5.13 Å². The zero-order chi connectivity index (χ0) is 19.1. The van der Waals surface area contributed by atoms with E-state index < -0.39 is 5.91 Å². The number of benzene rings is 1. The van der Waals surface area contributed by atoms with E-state index in [1.165, 1.54) is 29.3 Å². The Morgan fingerprint density at radius 2 is 2.04 bits per heavy atom. The molecule has 1 aromatic carbocycles. The summed E-state index contributed by atoms with van der Waals surface area (Å²) in [5, 5.41) is 11.9. The standard InChI is InChI=1S/C17H16ClN5OS3/c1-2-8-25-17-23-22-16(27-17)21-14(24)13-12(18)9-19-15(20-13)26-10-11-6-4-3-5-7-11/h3-7,9H,2,8,10H2,1H3,(H,21,22,24). The zero-order valence-electron chi connectivity index (χ0n) is 14.4. The number of rotatable bonds is 8. The van der Waals surface area contributed by atoms with Gasteiger partial charge in [-0.2, -0.15) is 0 Å². The van der Waals surface area contributed by atoms with Crippen molar-refractivity contribution < 1.29 is 4.79 Å². The summed E-state index contributed by atoms with van der Waals surface area (Å²) in [7, 11) is 0. The average Bonchev–Trinajstić information content (AvgIpc) is 3.13. The third-order valence-electron chi connectivity index (χ3n) is 3.20. The van der Waals surface area contributed by atoms with Gasteiger partial charge in [-0.1, -0.05) is 83.7 Å². The number of carbonyl (C=O) groups excluding carboxylic acids is 1. The van der Waals surface area contributed by atoms with Crippen LogP contribution in [0.2, 0.25) is 5.02 Å². The summed E-state index contributed by atoms with van der Waals surface area (Å²) in [6, 6.07) is 9.98. The third kappa shape index (κ3) is 5.90. The summed E-state index contributed by atoms with van der Waals surface area (Å²) in [6.07, 6.45) is 2.49. The van der Waals surface area contributed by atoms with Gasteiger partial charge in [0.1, 0.15) is 0 Å². The molecule has 0 saturated heterocycles. The van der Waals surface area contributed by atoms with Crippen LogP contribution in [0, 0.1) is 0 Å². The summed E-state index contributed by atoms with van der Waals surface area (Å²) in [5.41, 5.74) is 1.28. The molecule has 2 aromatic heterocycles. The van der Waals surface area contributed by atoms with E-state index in [0.29, 0.717) is 16.0 Å². The molecule has 1 amide bonds. The molecule has 0 aliphatic carbocycles. The van der Waals surface area contributed by atoms with Crippen molar-refractivity contribution in [1.29, 1.82) is 0 Å². The van der Waals surface area contributed by atoms with E-state index in [1.54, 1.807) is 11.8 Å². The Morgan fingerprint density at radius 1 is 1.22 bits per heavy atom. The zero-order valence-corrected chi connectivity index (χ0v) is 17.6. The Hall–Kier alpha value is -1.68. The number of aromatic nitrogens is 4. The van der Waals surface area contributed by atoms with Gasteiger partial charge in [-0.15, -0.1) is 10.2 Å². The van der Waals surface area contributed by atoms with E-state index in [4.69, 9.17) is 11.6 Å². The predicted octanol–water partition coefficient (Wildman–Crippen LogP) is 5.03. The highest BCUT2D eigenvalue weighted by molar-refractivity contribution is 8.01. The topological polar surface area (TPSA) is 80.7 Å². The highest BCUT2D eigenvalue weighted by Crippen LogP contribution is 2.27. The van der Waals surface area contributed by atoms with Gasteiger partial charge >= 0.3 is 0 Å². The molecule has 0 radical (unpaired) electrons. The molecule has 0 aliphatic rings. The first-order valence-electron chi connectivity index (χ1n) is 8.12. The first-order chi connectivity index (χ1) is 13.2. The van der Waals surface area contributed by atoms with Crippen molar-refractivity contribution in [2.24, 2.45) is 0 Å². The van der Waals surface area contributed by atoms with Crippen molar-refractivity contribution in [3.63, 3.8) is 0 Å². The lowest BCUT2D eigenvalue weighted by Crippen LogP contribution is -2.15. The Morgan fingerprint density at radius 3 is 2.81 bits per heavy atom. The van der Waals surface area contributed by atoms with Crippen molar-refractivity contribution in [3.8, 4) is 0 Å². The smallest absolute Gasteiger partial charge is 0.277 e. The number of thioether (sulfide) groups is 2. The van der Waals surface area contributed by atoms with E-state index in [0.717, 1.165) is 22.1 Å². The van der Waals surface area contributed by atoms with Gasteiger partial charge in [0, 0.05) is 11.5 Å². The largest absolute Gasteiger partial charge is 0.295 e. The highest BCUT2D eigenvalue weighted by Gasteiger charge is 2.17. The van der Waals surface area contributed by atoms with Gasteiger partial charge in [0.25, 0.3) is 5.91 Å². The fourth-order valence-corrected chi connectivity index (χ4v) is 4.59. The maximum Gasteiger partial charge on any atom is 0.277 e. The van der Waals surface area contributed by atoms with Crippen LogP contribution in [0.3, 0.4) is 0 Å². The lowest BCUT2D eigenvalue weighted by Gasteiger charge is -2.05. The monoisotopic (exact) mass is 437 g/mol. The Bertz CT molecular complexity index is 907. The van der Waals surface area contributed by atoms with E-state index in [-0.39, 0.29) is 10.7 Å². The van der Waals surface area contributed by atoms with Crippen LogP contribution < -0.4 is 5.32 Å². The molecule has 10 heteroatoms. The van der Waals surface area contributed by atoms with Crippen molar-refractivity contribution in [2.75, 3.05) is 11.1 Å². The summed E-state index contributed by atoms with van der Waals surface area (Å²) < 4.78 is 0.819. The maximum atomic E-state index is 12.5. The molecule has 0 spiro atoms. The SMILES string of the molecule is CCCSc1nnc(NC(=O)c2nc(SCc3ccccc3)ncc2Cl)s1. The molecular formula is C17H16ClN5OS3. The first-order valence-corrected chi connectivity index (χ1v) is 11.3. The summed E-state index contributed by atoms with van der Waals surface area (Å²) >= 11 is 10.5. The van der Waals surface area contributed by atoms with Gasteiger partial charge in [-0.05, 0) is 12.0 Å². The van der Waals surface area contributed by atoms with Crippen LogP contribution in [0.5, 0.6) is 0 Å². The Balaban J connectivity index is 1.66. The molecule has 3 rings (SSSR count). The fourth-order valence-electron chi connectivity index (χ4n) is 1.97. The van der Waals surface area contributed by atoms with Gasteiger partial charge in [0.15, 0.2) is 15.2 Å². The molecule has 0 unspecified atom stereocenters. The molecule has 1 N–H and O–H groups in total. The first kappa shape index (κ1) is 20.1. The van der Waals surface area contributed by atoms with E-state index in [2.05, 4.69) is 32.4 Å². The second-order valence-electron chi connectivity index (χ2n) is 5.30. The molecule has 6 nitrogen and oxygen atoms in total. The number of nitrogens with zero attached hydrogens (tertiary/aromatic N) is 4. The minimum atomic E-state index is -0.424. The number of anilines is 1. The molecule has 2 heterocycles. The van der Waals surface area contributed by atoms with Crippen LogP contribution in [-0.4, -0.2) is 31.8 Å². The molecule has 0 bridgehead atoms. The number of halogens is 1. The Kier molecular flexibility index (Phi) is 7.45. The molecule has 0 atom stereocenters. The van der Waals surface area contributed by atoms with Crippen molar-refractivity contribution in [1.82, 2.24) is 20.2 Å². The van der Waals surface area contributed by atoms with Crippen molar-refractivity contribution in [3.05, 3.63) is 52.8 Å². The second kappa shape index (κ2) is 10.0. The molecule has 0 fully saturated rings. The number of hydrogen-bond donors (Lipinski definition) is 1. The van der Waals surface area contributed by atoms with Gasteiger partial charge in [-0.3, -0.25) is 10.1 Å². The van der Waals surface area contributed by atoms with Crippen LogP contribution in [0.25, 0.3) is 0 Å². The lowest BCUT2D eigenvalue weighted by molar-refractivity contribution is 0.102. The van der Waals surface area contributed by atoms with Gasteiger partial charge < -0.3 is 0 Å². The molecule has 3 aromatic rings. The molecular weight excluding hydrogens is 422 g/mol. The van der Waals surface area contributed by atoms with Crippen LogP contribution in [0.4, 0.5) is 5.13 Å². The van der Waals surface area contributed by atoms with Crippen molar-refractivity contribution >= 4 is 57.5 Å². The summed E-state index contributed by atoms with van der Waals surface area (Å²) in [4.78, 5) is 21.0. The fraction of sp³-hybridized carbons (Fsp3) is 0.235. The molecule has 140 valence electrons. The predicted molar refractivity (Wildman–Crippen MR) is 112 cm³/mol. The van der Waals surface area contributed by atoms with Crippen LogP contribution in [0.1, 0.15) is 29.4 Å². The lowest BCUT2D eigenvalue weighted by atomic mass is 10.2. The van der Waals surface area contributed by atoms with Crippen LogP contribution in [0.15, 0.2) is 46.0 Å². The number of nitrogens with one attached hydrogen (secondary N) is 1. The quantitative estimate of drug-likeness (QED) is 0.300. The van der Waals surface area contributed by atoms with Gasteiger partial charge in [-0.25, -0.2) is 9.97 Å². The normalized spacial score (nSPS) is 10.7. The van der Waals surface area contributed by atoms with Crippen molar-refractivity contribution in [2.45, 2.75) is 28.6 Å². The third-order valence-corrected chi connectivity index (χ3v) is 6.59. The van der Waals surface area contributed by atoms with E-state index in [9.17, 15) is 4.79 Å². The van der Waals surface area contributed by atoms with Crippen LogP contribution in [-0.2, 0) is 5.75 Å². The number of carbonyl (C=O) groups is 1. The molecule has 27 heavy (non-hydrogen) atoms.